The van der Waals surface area contributed by atoms with E-state index in [1.807, 2.05) is 0 Å². The Morgan fingerprint density at radius 3 is 1.22 bits per heavy atom. The van der Waals surface area contributed by atoms with E-state index in [1.54, 1.807) is 13.8 Å². The van der Waals surface area contributed by atoms with Crippen LogP contribution in [0.4, 0.5) is 0 Å². The van der Waals surface area contributed by atoms with Crippen molar-refractivity contribution in [2.75, 3.05) is 39.3 Å². The lowest BCUT2D eigenvalue weighted by molar-refractivity contribution is -0.166. The first-order valence-electron chi connectivity index (χ1n) is 16.0. The summed E-state index contributed by atoms with van der Waals surface area (Å²) in [5.74, 6) is -2.42. The molecule has 6 N–H and O–H groups in total. The average Bonchev–Trinajstić information content (AvgIpc) is 3.01. The minimum atomic E-state index is -0.572. The second-order valence-electron chi connectivity index (χ2n) is 11.3. The Balaban J connectivity index is 3.81. The predicted molar refractivity (Wildman–Crippen MR) is 163 cm³/mol. The van der Waals surface area contributed by atoms with E-state index in [4.69, 9.17) is 5.11 Å². The zero-order valence-corrected chi connectivity index (χ0v) is 27.0. The highest BCUT2D eigenvalue weighted by atomic mass is 16.5. The molecule has 0 aliphatic heterocycles. The summed E-state index contributed by atoms with van der Waals surface area (Å²) in [6.07, 6.45) is 5.06. The van der Waals surface area contributed by atoms with E-state index in [1.165, 1.54) is 0 Å². The summed E-state index contributed by atoms with van der Waals surface area (Å²) in [7, 11) is 0. The molecule has 0 aliphatic rings. The Hall–Kier alpha value is -3.14. The number of nitrogens with zero attached hydrogens (tertiary/aromatic N) is 3. The molecule has 0 aromatic carbocycles. The number of hydrogen-bond donors (Lipinski definition) is 6. The molecule has 0 atom stereocenters. The van der Waals surface area contributed by atoms with Gasteiger partial charge in [0.1, 0.15) is 5.78 Å². The maximum absolute atomic E-state index is 12.1. The van der Waals surface area contributed by atoms with Gasteiger partial charge in [0.05, 0.1) is 0 Å². The van der Waals surface area contributed by atoms with Gasteiger partial charge < -0.3 is 15.7 Å². The maximum atomic E-state index is 12.1. The van der Waals surface area contributed by atoms with Gasteiger partial charge in [0.15, 0.2) is 0 Å². The maximum Gasteiger partial charge on any atom is 0.246 e. The molecule has 5 amide bonds. The van der Waals surface area contributed by atoms with Gasteiger partial charge in [0.2, 0.25) is 29.5 Å². The van der Waals surface area contributed by atoms with Gasteiger partial charge in [-0.1, -0.05) is 13.8 Å². The van der Waals surface area contributed by atoms with Crippen LogP contribution in [-0.4, -0.2) is 111 Å². The third kappa shape index (κ3) is 22.9. The molecule has 0 aromatic rings. The van der Waals surface area contributed by atoms with E-state index in [-0.39, 0.29) is 88.3 Å². The van der Waals surface area contributed by atoms with Crippen molar-refractivity contribution in [3.8, 4) is 0 Å². The topological polar surface area (TPSA) is 217 Å². The quantitative estimate of drug-likeness (QED) is 0.0433. The largest absolute Gasteiger partial charge is 0.396 e. The van der Waals surface area contributed by atoms with E-state index in [0.29, 0.717) is 86.1 Å². The van der Waals surface area contributed by atoms with E-state index >= 15 is 0 Å². The number of aliphatic hydroxyl groups is 1. The van der Waals surface area contributed by atoms with Crippen LogP contribution in [0.3, 0.4) is 0 Å². The second kappa shape index (κ2) is 26.1. The van der Waals surface area contributed by atoms with Gasteiger partial charge in [0, 0.05) is 83.8 Å². The number of amides is 5. The SMILES string of the molecule is CC(C)C(=O)CCC(=O)N(O)CCCCCNC(=O)CCC(=O)N(O)CCCCCNC(=O)CCC(=O)N(O)CCCCCO. The highest BCUT2D eigenvalue weighted by Crippen LogP contribution is 2.06. The summed E-state index contributed by atoms with van der Waals surface area (Å²) in [6, 6.07) is 0. The normalized spacial score (nSPS) is 10.8. The van der Waals surface area contributed by atoms with Gasteiger partial charge in [0.25, 0.3) is 0 Å². The van der Waals surface area contributed by atoms with Crippen molar-refractivity contribution in [2.24, 2.45) is 5.92 Å². The fraction of sp³-hybridized carbons (Fsp3) is 0.800. The molecular formula is C30H55N5O10. The van der Waals surface area contributed by atoms with Crippen molar-refractivity contribution in [1.82, 2.24) is 25.8 Å². The Morgan fingerprint density at radius 2 is 0.867 bits per heavy atom. The summed E-state index contributed by atoms with van der Waals surface area (Å²) in [5.41, 5.74) is 0. The van der Waals surface area contributed by atoms with Crippen LogP contribution in [0.25, 0.3) is 0 Å². The monoisotopic (exact) mass is 645 g/mol. The second-order valence-corrected chi connectivity index (χ2v) is 11.3. The number of Topliss-reactive ketones (excluding diaryl/α,β-unsaturated/α-hetero) is 1. The molecule has 15 nitrogen and oxygen atoms in total. The molecule has 0 rings (SSSR count). The number of carbonyl (C=O) groups is 6. The van der Waals surface area contributed by atoms with Crippen LogP contribution in [0.15, 0.2) is 0 Å². The Bertz CT molecular complexity index is 902. The molecule has 0 saturated carbocycles. The molecule has 45 heavy (non-hydrogen) atoms. The Labute approximate surface area is 266 Å². The molecule has 260 valence electrons. The molecule has 0 heterocycles. The van der Waals surface area contributed by atoms with Crippen LogP contribution in [-0.2, 0) is 28.8 Å². The van der Waals surface area contributed by atoms with Crippen molar-refractivity contribution >= 4 is 35.3 Å². The Morgan fingerprint density at radius 1 is 0.511 bits per heavy atom. The summed E-state index contributed by atoms with van der Waals surface area (Å²) in [4.78, 5) is 71.2. The molecule has 0 saturated heterocycles. The zero-order valence-electron chi connectivity index (χ0n) is 27.0. The number of ketones is 1. The van der Waals surface area contributed by atoms with E-state index < -0.39 is 17.7 Å². The van der Waals surface area contributed by atoms with E-state index in [0.717, 1.165) is 0 Å². The average molecular weight is 646 g/mol. The van der Waals surface area contributed by atoms with Crippen LogP contribution in [0.5, 0.6) is 0 Å². The minimum Gasteiger partial charge on any atom is -0.396 e. The Kier molecular flexibility index (Phi) is 24.3. The smallest absolute Gasteiger partial charge is 0.246 e. The summed E-state index contributed by atoms with van der Waals surface area (Å²) < 4.78 is 0. The van der Waals surface area contributed by atoms with Gasteiger partial charge in [-0.25, -0.2) is 15.2 Å². The van der Waals surface area contributed by atoms with Crippen LogP contribution >= 0.6 is 0 Å². The standard InChI is InChI=1S/C30H55N5O10/c1-24(2)25(37)12-15-28(40)33(43)20-8-3-6-18-31-26(38)13-16-29(41)34(44)21-9-4-7-19-32-27(39)14-17-30(42)35(45)22-10-5-11-23-36/h24,36,43-45H,3-23H2,1-2H3,(H,31,38)(H,32,39). The van der Waals surface area contributed by atoms with Gasteiger partial charge in [-0.05, 0) is 57.8 Å². The zero-order chi connectivity index (χ0) is 34.0. The van der Waals surface area contributed by atoms with Gasteiger partial charge in [-0.2, -0.15) is 0 Å². The summed E-state index contributed by atoms with van der Waals surface area (Å²) in [5, 5.41) is 45.3. The molecule has 0 fully saturated rings. The molecule has 15 heteroatoms. The lowest BCUT2D eigenvalue weighted by Crippen LogP contribution is -2.31. The molecule has 0 spiro atoms. The third-order valence-electron chi connectivity index (χ3n) is 6.99. The highest BCUT2D eigenvalue weighted by molar-refractivity contribution is 5.85. The minimum absolute atomic E-state index is 0.0280. The number of aliphatic hydroxyl groups excluding tert-OH is 1. The number of hydrogen-bond acceptors (Lipinski definition) is 10. The van der Waals surface area contributed by atoms with E-state index in [9.17, 15) is 44.4 Å². The van der Waals surface area contributed by atoms with Crippen LogP contribution < -0.4 is 10.6 Å². The molecule has 0 bridgehead atoms. The van der Waals surface area contributed by atoms with E-state index in [2.05, 4.69) is 10.6 Å². The number of rotatable bonds is 27. The van der Waals surface area contributed by atoms with Crippen molar-refractivity contribution in [3.63, 3.8) is 0 Å². The first-order valence-corrected chi connectivity index (χ1v) is 16.0. The highest BCUT2D eigenvalue weighted by Gasteiger charge is 2.16. The fourth-order valence-corrected chi connectivity index (χ4v) is 4.03. The third-order valence-corrected chi connectivity index (χ3v) is 6.99. The predicted octanol–water partition coefficient (Wildman–Crippen LogP) is 1.94. The molecule has 0 aliphatic carbocycles. The summed E-state index contributed by atoms with van der Waals surface area (Å²) in [6.45, 7) is 4.70. The van der Waals surface area contributed by atoms with Crippen molar-refractivity contribution < 1.29 is 49.5 Å². The number of nitrogens with one attached hydrogen (secondary N) is 2. The number of hydroxylamine groups is 6. The summed E-state index contributed by atoms with van der Waals surface area (Å²) >= 11 is 0. The van der Waals surface area contributed by atoms with Crippen LogP contribution in [0.2, 0.25) is 0 Å². The first kappa shape index (κ1) is 41.9. The lowest BCUT2D eigenvalue weighted by Gasteiger charge is -2.15. The lowest BCUT2D eigenvalue weighted by atomic mass is 10.0. The van der Waals surface area contributed by atoms with Crippen LogP contribution in [0, 0.1) is 5.92 Å². The molecule has 0 unspecified atom stereocenters. The molecular weight excluding hydrogens is 590 g/mol. The van der Waals surface area contributed by atoms with Crippen molar-refractivity contribution in [1.29, 1.82) is 0 Å². The van der Waals surface area contributed by atoms with Crippen molar-refractivity contribution in [2.45, 2.75) is 110 Å². The van der Waals surface area contributed by atoms with Gasteiger partial charge >= 0.3 is 0 Å². The van der Waals surface area contributed by atoms with Crippen molar-refractivity contribution in [3.05, 3.63) is 0 Å². The van der Waals surface area contributed by atoms with Gasteiger partial charge in [-0.15, -0.1) is 0 Å². The van der Waals surface area contributed by atoms with Gasteiger partial charge in [-0.3, -0.25) is 44.4 Å². The fourth-order valence-electron chi connectivity index (χ4n) is 4.03. The number of unbranched alkanes of at least 4 members (excludes halogenated alkanes) is 6. The first-order chi connectivity index (χ1) is 21.4. The molecule has 0 radical (unpaired) electrons. The number of carbonyl (C=O) groups excluding carboxylic acids is 6. The van der Waals surface area contributed by atoms with Crippen LogP contribution in [0.1, 0.15) is 110 Å². The molecule has 0 aromatic heterocycles.